The second-order valence-corrected chi connectivity index (χ2v) is 5.23. The summed E-state index contributed by atoms with van der Waals surface area (Å²) < 4.78 is 10.8. The van der Waals surface area contributed by atoms with Crippen molar-refractivity contribution in [1.82, 2.24) is 10.2 Å². The van der Waals surface area contributed by atoms with Crippen molar-refractivity contribution < 1.29 is 19.1 Å². The van der Waals surface area contributed by atoms with Crippen LogP contribution >= 0.6 is 0 Å². The predicted octanol–water partition coefficient (Wildman–Crippen LogP) is 0.949. The zero-order chi connectivity index (χ0) is 15.9. The van der Waals surface area contributed by atoms with Gasteiger partial charge >= 0.3 is 0 Å². The molecule has 1 heterocycles. The van der Waals surface area contributed by atoms with E-state index < -0.39 is 6.10 Å². The maximum absolute atomic E-state index is 12.3. The molecule has 2 rings (SSSR count). The van der Waals surface area contributed by atoms with E-state index in [0.29, 0.717) is 32.7 Å². The van der Waals surface area contributed by atoms with E-state index in [4.69, 9.17) is 9.47 Å². The maximum Gasteiger partial charge on any atom is 0.251 e. The summed E-state index contributed by atoms with van der Waals surface area (Å²) >= 11 is 0. The summed E-state index contributed by atoms with van der Waals surface area (Å²) in [7, 11) is 1.61. The van der Waals surface area contributed by atoms with E-state index in [2.05, 4.69) is 5.32 Å². The lowest BCUT2D eigenvalue weighted by molar-refractivity contribution is -0.143. The Kier molecular flexibility index (Phi) is 5.77. The van der Waals surface area contributed by atoms with Crippen molar-refractivity contribution in [2.45, 2.75) is 26.1 Å². The minimum Gasteiger partial charge on any atom is -0.497 e. The van der Waals surface area contributed by atoms with Crippen LogP contribution in [0.15, 0.2) is 24.3 Å². The summed E-state index contributed by atoms with van der Waals surface area (Å²) in [5.74, 6) is 0.664. The fourth-order valence-corrected chi connectivity index (χ4v) is 2.30. The third-order valence-electron chi connectivity index (χ3n) is 3.61. The van der Waals surface area contributed by atoms with Crippen molar-refractivity contribution in [3.8, 4) is 5.75 Å². The fraction of sp³-hybridized carbons (Fsp3) is 0.500. The average Bonchev–Trinajstić information content (AvgIpc) is 2.76. The van der Waals surface area contributed by atoms with Gasteiger partial charge in [0.05, 0.1) is 13.7 Å². The highest BCUT2D eigenvalue weighted by Crippen LogP contribution is 2.14. The molecule has 0 aliphatic carbocycles. The third-order valence-corrected chi connectivity index (χ3v) is 3.61. The molecular formula is C16H22N2O4. The zero-order valence-corrected chi connectivity index (χ0v) is 13.0. The molecule has 1 N–H and O–H groups in total. The summed E-state index contributed by atoms with van der Waals surface area (Å²) in [5, 5.41) is 2.75. The van der Waals surface area contributed by atoms with Crippen LogP contribution in [0.5, 0.6) is 5.75 Å². The number of carbonyl (C=O) groups excluding carboxylic acids is 2. The first-order valence-corrected chi connectivity index (χ1v) is 7.40. The van der Waals surface area contributed by atoms with Gasteiger partial charge in [0.25, 0.3) is 5.91 Å². The summed E-state index contributed by atoms with van der Waals surface area (Å²) in [6.45, 7) is 3.54. The molecule has 6 heteroatoms. The number of nitrogens with one attached hydrogen (secondary N) is 1. The number of nitrogens with zero attached hydrogens (tertiary/aromatic N) is 1. The number of hydrogen-bond acceptors (Lipinski definition) is 4. The van der Waals surface area contributed by atoms with Gasteiger partial charge in [-0.3, -0.25) is 9.59 Å². The Hall–Kier alpha value is -2.08. The van der Waals surface area contributed by atoms with Gasteiger partial charge in [-0.15, -0.1) is 0 Å². The quantitative estimate of drug-likeness (QED) is 0.879. The van der Waals surface area contributed by atoms with Crippen LogP contribution in [0.3, 0.4) is 0 Å². The molecule has 0 radical (unpaired) electrons. The van der Waals surface area contributed by atoms with Gasteiger partial charge in [-0.2, -0.15) is 0 Å². The molecule has 0 spiro atoms. The van der Waals surface area contributed by atoms with Crippen LogP contribution in [0.4, 0.5) is 0 Å². The Morgan fingerprint density at radius 2 is 2.23 bits per heavy atom. The van der Waals surface area contributed by atoms with E-state index in [-0.39, 0.29) is 11.8 Å². The van der Waals surface area contributed by atoms with Crippen molar-refractivity contribution >= 4 is 11.8 Å². The van der Waals surface area contributed by atoms with Crippen LogP contribution in [0, 0.1) is 0 Å². The van der Waals surface area contributed by atoms with Crippen molar-refractivity contribution in [2.24, 2.45) is 0 Å². The molecule has 1 aromatic rings. The Labute approximate surface area is 130 Å². The van der Waals surface area contributed by atoms with Gasteiger partial charge in [0, 0.05) is 26.1 Å². The molecular weight excluding hydrogens is 284 g/mol. The Morgan fingerprint density at radius 3 is 3.00 bits per heavy atom. The van der Waals surface area contributed by atoms with E-state index >= 15 is 0 Å². The normalized spacial score (nSPS) is 16.6. The highest BCUT2D eigenvalue weighted by molar-refractivity contribution is 5.82. The van der Waals surface area contributed by atoms with Crippen molar-refractivity contribution in [3.63, 3.8) is 0 Å². The summed E-state index contributed by atoms with van der Waals surface area (Å²) in [5.41, 5.74) is 0.951. The van der Waals surface area contributed by atoms with Crippen LogP contribution in [-0.4, -0.2) is 49.6 Å². The smallest absolute Gasteiger partial charge is 0.251 e. The van der Waals surface area contributed by atoms with E-state index in [1.807, 2.05) is 24.3 Å². The number of ether oxygens (including phenoxy) is 2. The molecule has 1 fully saturated rings. The molecule has 120 valence electrons. The lowest BCUT2D eigenvalue weighted by Crippen LogP contribution is -2.41. The first-order chi connectivity index (χ1) is 10.6. The lowest BCUT2D eigenvalue weighted by atomic mass is 10.2. The monoisotopic (exact) mass is 306 g/mol. The SMILES string of the molecule is COc1cccc(COC(C)C(=O)N2CCNC(=O)CC2)c1. The first-order valence-electron chi connectivity index (χ1n) is 7.40. The molecule has 22 heavy (non-hydrogen) atoms. The minimum absolute atomic E-state index is 0.0137. The highest BCUT2D eigenvalue weighted by Gasteiger charge is 2.23. The Bertz CT molecular complexity index is 533. The molecule has 0 bridgehead atoms. The highest BCUT2D eigenvalue weighted by atomic mass is 16.5. The van der Waals surface area contributed by atoms with E-state index in [1.165, 1.54) is 0 Å². The third kappa shape index (κ3) is 4.46. The standard InChI is InChI=1S/C16H22N2O4/c1-12(16(20)18-8-6-15(19)17-7-9-18)22-11-13-4-3-5-14(10-13)21-2/h3-5,10,12H,6-9,11H2,1-2H3,(H,17,19). The van der Waals surface area contributed by atoms with Gasteiger partial charge in [-0.25, -0.2) is 0 Å². The van der Waals surface area contributed by atoms with Gasteiger partial charge in [-0.1, -0.05) is 12.1 Å². The predicted molar refractivity (Wildman–Crippen MR) is 81.5 cm³/mol. The second-order valence-electron chi connectivity index (χ2n) is 5.23. The van der Waals surface area contributed by atoms with Gasteiger partial charge in [0.2, 0.25) is 5.91 Å². The molecule has 1 unspecified atom stereocenters. The van der Waals surface area contributed by atoms with Crippen molar-refractivity contribution in [1.29, 1.82) is 0 Å². The molecule has 1 aromatic carbocycles. The number of benzene rings is 1. The van der Waals surface area contributed by atoms with Crippen LogP contribution in [0.25, 0.3) is 0 Å². The topological polar surface area (TPSA) is 67.9 Å². The van der Waals surface area contributed by atoms with Crippen molar-refractivity contribution in [2.75, 3.05) is 26.7 Å². The Morgan fingerprint density at radius 1 is 1.41 bits per heavy atom. The van der Waals surface area contributed by atoms with E-state index in [9.17, 15) is 9.59 Å². The van der Waals surface area contributed by atoms with Gasteiger partial charge in [-0.05, 0) is 24.6 Å². The summed E-state index contributed by atoms with van der Waals surface area (Å²) in [4.78, 5) is 25.3. The maximum atomic E-state index is 12.3. The number of amides is 2. The second kappa shape index (κ2) is 7.79. The van der Waals surface area contributed by atoms with Gasteiger partial charge in [0.15, 0.2) is 0 Å². The van der Waals surface area contributed by atoms with E-state index in [0.717, 1.165) is 11.3 Å². The van der Waals surface area contributed by atoms with E-state index in [1.54, 1.807) is 18.9 Å². The van der Waals surface area contributed by atoms with Crippen molar-refractivity contribution in [3.05, 3.63) is 29.8 Å². The number of carbonyl (C=O) groups is 2. The molecule has 0 aromatic heterocycles. The van der Waals surface area contributed by atoms with Crippen LogP contribution in [-0.2, 0) is 20.9 Å². The Balaban J connectivity index is 1.86. The molecule has 1 atom stereocenters. The van der Waals surface area contributed by atoms with Crippen LogP contribution < -0.4 is 10.1 Å². The number of methoxy groups -OCH3 is 1. The van der Waals surface area contributed by atoms with Gasteiger partial charge in [0.1, 0.15) is 11.9 Å². The summed E-state index contributed by atoms with van der Waals surface area (Å²) in [6, 6.07) is 7.55. The molecule has 0 saturated carbocycles. The molecule has 1 aliphatic rings. The largest absolute Gasteiger partial charge is 0.497 e. The first kappa shape index (κ1) is 16.3. The summed E-state index contributed by atoms with van der Waals surface area (Å²) in [6.07, 6.45) is -0.201. The van der Waals surface area contributed by atoms with Crippen LogP contribution in [0.2, 0.25) is 0 Å². The molecule has 6 nitrogen and oxygen atoms in total. The molecule has 2 amide bonds. The number of rotatable bonds is 5. The van der Waals surface area contributed by atoms with Crippen LogP contribution in [0.1, 0.15) is 18.9 Å². The zero-order valence-electron chi connectivity index (χ0n) is 13.0. The minimum atomic E-state index is -0.542. The lowest BCUT2D eigenvalue weighted by Gasteiger charge is -2.23. The fourth-order valence-electron chi connectivity index (χ4n) is 2.30. The number of hydrogen-bond donors (Lipinski definition) is 1. The average molecular weight is 306 g/mol. The van der Waals surface area contributed by atoms with Gasteiger partial charge < -0.3 is 19.7 Å². The molecule has 1 aliphatic heterocycles. The molecule has 1 saturated heterocycles.